The highest BCUT2D eigenvalue weighted by molar-refractivity contribution is 7.19. The molecule has 32 heavy (non-hydrogen) atoms. The van der Waals surface area contributed by atoms with Gasteiger partial charge < -0.3 is 14.8 Å². The largest absolute Gasteiger partial charge is 0.467 e. The molecule has 9 heteroatoms. The van der Waals surface area contributed by atoms with E-state index in [0.29, 0.717) is 16.4 Å². The van der Waals surface area contributed by atoms with Crippen LogP contribution in [0.3, 0.4) is 0 Å². The van der Waals surface area contributed by atoms with Crippen molar-refractivity contribution in [2.75, 3.05) is 19.0 Å². The Labute approximate surface area is 194 Å². The molecule has 0 unspecified atom stereocenters. The number of nitrogens with zero attached hydrogens (tertiary/aromatic N) is 2. The van der Waals surface area contributed by atoms with Gasteiger partial charge in [0.05, 0.1) is 18.1 Å². The molecular weight excluding hydrogens is 446 g/mol. The van der Waals surface area contributed by atoms with Crippen molar-refractivity contribution in [2.45, 2.75) is 57.8 Å². The Morgan fingerprint density at radius 3 is 2.53 bits per heavy atom. The number of hydrogen-bond donors (Lipinski definition) is 1. The fourth-order valence-corrected chi connectivity index (χ4v) is 7.13. The minimum Gasteiger partial charge on any atom is -0.467 e. The fraction of sp³-hybridized carbons (Fsp3) is 0.478. The molecule has 0 atom stereocenters. The Kier molecular flexibility index (Phi) is 6.10. The van der Waals surface area contributed by atoms with Gasteiger partial charge in [-0.15, -0.1) is 22.7 Å². The fourth-order valence-electron chi connectivity index (χ4n) is 4.62. The second-order valence-corrected chi connectivity index (χ2v) is 10.4. The van der Waals surface area contributed by atoms with Gasteiger partial charge in [-0.25, -0.2) is 14.8 Å². The summed E-state index contributed by atoms with van der Waals surface area (Å²) in [6, 6.07) is 0. The first-order valence-electron chi connectivity index (χ1n) is 11.1. The molecule has 3 heterocycles. The summed E-state index contributed by atoms with van der Waals surface area (Å²) in [7, 11) is 1.37. The topological polar surface area (TPSA) is 90.4 Å². The molecule has 5 rings (SSSR count). The first kappa shape index (κ1) is 21.3. The zero-order valence-electron chi connectivity index (χ0n) is 18.0. The number of hydrogen-bond acceptors (Lipinski definition) is 8. The molecule has 3 aromatic rings. The number of thiophene rings is 2. The Bertz CT molecular complexity index is 1180. The van der Waals surface area contributed by atoms with Gasteiger partial charge in [-0.05, 0) is 62.5 Å². The molecule has 0 aliphatic heterocycles. The molecule has 0 spiro atoms. The molecule has 0 saturated heterocycles. The lowest BCUT2D eigenvalue weighted by atomic mass is 9.95. The van der Waals surface area contributed by atoms with E-state index in [2.05, 4.69) is 15.3 Å². The number of anilines is 1. The van der Waals surface area contributed by atoms with E-state index in [9.17, 15) is 9.59 Å². The molecule has 3 aromatic heterocycles. The summed E-state index contributed by atoms with van der Waals surface area (Å²) in [4.78, 5) is 37.3. The molecule has 2 aliphatic carbocycles. The van der Waals surface area contributed by atoms with Crippen molar-refractivity contribution in [1.82, 2.24) is 9.97 Å². The lowest BCUT2D eigenvalue weighted by Crippen LogP contribution is -2.21. The summed E-state index contributed by atoms with van der Waals surface area (Å²) in [5.74, 6) is -0.260. The normalized spacial score (nSPS) is 15.5. The van der Waals surface area contributed by atoms with Crippen LogP contribution in [0, 0.1) is 0 Å². The first-order chi connectivity index (χ1) is 15.7. The SMILES string of the molecule is COC(=O)c1c(NC(=O)COc2ncnc3sc4c(c23)CCCCC4)sc2c1CCCC2. The Balaban J connectivity index is 1.35. The number of esters is 1. The minimum absolute atomic E-state index is 0.181. The van der Waals surface area contributed by atoms with Gasteiger partial charge in [0.1, 0.15) is 16.2 Å². The average molecular weight is 472 g/mol. The molecular formula is C23H25N3O4S2. The predicted octanol–water partition coefficient (Wildman–Crippen LogP) is 4.70. The van der Waals surface area contributed by atoms with E-state index in [1.165, 1.54) is 48.1 Å². The molecule has 1 amide bonds. The molecule has 0 bridgehead atoms. The molecule has 0 aromatic carbocycles. The number of fused-ring (bicyclic) bond motifs is 4. The minimum atomic E-state index is -0.404. The van der Waals surface area contributed by atoms with Crippen LogP contribution in [-0.4, -0.2) is 35.6 Å². The van der Waals surface area contributed by atoms with Crippen LogP contribution in [0.4, 0.5) is 5.00 Å². The number of ether oxygens (including phenoxy) is 2. The second-order valence-electron chi connectivity index (χ2n) is 8.17. The molecule has 7 nitrogen and oxygen atoms in total. The summed E-state index contributed by atoms with van der Waals surface area (Å²) in [6.07, 6.45) is 11.0. The van der Waals surface area contributed by atoms with E-state index in [0.717, 1.165) is 65.6 Å². The standard InChI is InChI=1S/C23H25N3O4S2/c1-29-23(28)19-14-8-5-6-10-16(14)32-22(19)26-17(27)11-30-20-18-13-7-3-2-4-9-15(13)31-21(18)25-12-24-20/h12H,2-11H2,1H3,(H,26,27). The van der Waals surface area contributed by atoms with Gasteiger partial charge in [0, 0.05) is 9.75 Å². The molecule has 168 valence electrons. The maximum absolute atomic E-state index is 12.8. The van der Waals surface area contributed by atoms with Crippen LogP contribution in [0.2, 0.25) is 0 Å². The van der Waals surface area contributed by atoms with Gasteiger partial charge in [0.15, 0.2) is 6.61 Å². The first-order valence-corrected chi connectivity index (χ1v) is 12.7. The van der Waals surface area contributed by atoms with Crippen LogP contribution in [0.1, 0.15) is 63.3 Å². The number of methoxy groups -OCH3 is 1. The van der Waals surface area contributed by atoms with E-state index in [1.807, 2.05) is 0 Å². The van der Waals surface area contributed by atoms with Crippen LogP contribution in [0.25, 0.3) is 10.2 Å². The van der Waals surface area contributed by atoms with Crippen molar-refractivity contribution in [1.29, 1.82) is 0 Å². The summed E-state index contributed by atoms with van der Waals surface area (Å²) >= 11 is 3.17. The van der Waals surface area contributed by atoms with Crippen molar-refractivity contribution in [3.8, 4) is 5.88 Å². The van der Waals surface area contributed by atoms with Crippen LogP contribution >= 0.6 is 22.7 Å². The molecule has 0 fully saturated rings. The van der Waals surface area contributed by atoms with Crippen LogP contribution < -0.4 is 10.1 Å². The summed E-state index contributed by atoms with van der Waals surface area (Å²) < 4.78 is 10.9. The van der Waals surface area contributed by atoms with Gasteiger partial charge >= 0.3 is 5.97 Å². The van der Waals surface area contributed by atoms with Crippen molar-refractivity contribution in [2.24, 2.45) is 0 Å². The van der Waals surface area contributed by atoms with Gasteiger partial charge in [-0.3, -0.25) is 4.79 Å². The number of aryl methyl sites for hydroxylation is 3. The predicted molar refractivity (Wildman–Crippen MR) is 125 cm³/mol. The zero-order valence-corrected chi connectivity index (χ0v) is 19.6. The lowest BCUT2D eigenvalue weighted by molar-refractivity contribution is -0.118. The van der Waals surface area contributed by atoms with Gasteiger partial charge in [-0.1, -0.05) is 6.42 Å². The third-order valence-corrected chi connectivity index (χ3v) is 8.53. The third kappa shape index (κ3) is 3.99. The number of carbonyl (C=O) groups excluding carboxylic acids is 2. The lowest BCUT2D eigenvalue weighted by Gasteiger charge is -2.12. The number of amides is 1. The summed E-state index contributed by atoms with van der Waals surface area (Å²) in [6.45, 7) is -0.181. The highest BCUT2D eigenvalue weighted by atomic mass is 32.1. The Hall–Kier alpha value is -2.52. The van der Waals surface area contributed by atoms with Crippen molar-refractivity contribution < 1.29 is 19.1 Å². The summed E-state index contributed by atoms with van der Waals surface area (Å²) in [5.41, 5.74) is 2.79. The Morgan fingerprint density at radius 2 is 1.69 bits per heavy atom. The average Bonchev–Trinajstić information content (AvgIpc) is 3.26. The van der Waals surface area contributed by atoms with Gasteiger partial charge in [0.25, 0.3) is 5.91 Å². The molecule has 1 N–H and O–H groups in total. The van der Waals surface area contributed by atoms with Crippen molar-refractivity contribution in [3.05, 3.63) is 32.8 Å². The number of carbonyl (C=O) groups is 2. The van der Waals surface area contributed by atoms with Crippen LogP contribution in [0.15, 0.2) is 6.33 Å². The molecule has 2 aliphatic rings. The van der Waals surface area contributed by atoms with E-state index < -0.39 is 5.97 Å². The van der Waals surface area contributed by atoms with E-state index in [1.54, 1.807) is 11.3 Å². The van der Waals surface area contributed by atoms with E-state index >= 15 is 0 Å². The zero-order chi connectivity index (χ0) is 22.1. The third-order valence-electron chi connectivity index (χ3n) is 6.12. The number of rotatable bonds is 5. The van der Waals surface area contributed by atoms with Gasteiger partial charge in [-0.2, -0.15) is 0 Å². The number of nitrogens with one attached hydrogen (secondary N) is 1. The smallest absolute Gasteiger partial charge is 0.341 e. The highest BCUT2D eigenvalue weighted by Gasteiger charge is 2.27. The monoisotopic (exact) mass is 471 g/mol. The van der Waals surface area contributed by atoms with E-state index in [4.69, 9.17) is 9.47 Å². The number of aromatic nitrogens is 2. The quantitative estimate of drug-likeness (QED) is 0.428. The van der Waals surface area contributed by atoms with Crippen LogP contribution in [0.5, 0.6) is 5.88 Å². The van der Waals surface area contributed by atoms with E-state index in [-0.39, 0.29) is 12.5 Å². The second kappa shape index (κ2) is 9.15. The highest BCUT2D eigenvalue weighted by Crippen LogP contribution is 2.40. The van der Waals surface area contributed by atoms with Gasteiger partial charge in [0.2, 0.25) is 5.88 Å². The molecule has 0 radical (unpaired) electrons. The van der Waals surface area contributed by atoms with Crippen LogP contribution in [-0.2, 0) is 35.2 Å². The van der Waals surface area contributed by atoms with Crippen molar-refractivity contribution >= 4 is 49.8 Å². The maximum atomic E-state index is 12.8. The summed E-state index contributed by atoms with van der Waals surface area (Å²) in [5, 5.41) is 4.38. The Morgan fingerprint density at radius 1 is 0.969 bits per heavy atom. The maximum Gasteiger partial charge on any atom is 0.341 e. The van der Waals surface area contributed by atoms with Crippen molar-refractivity contribution in [3.63, 3.8) is 0 Å². The molecule has 0 saturated carbocycles.